The van der Waals surface area contributed by atoms with Gasteiger partial charge in [0.15, 0.2) is 0 Å². The molecule has 1 N–H and O–H groups in total. The second-order valence-electron chi connectivity index (χ2n) is 6.17. The zero-order valence-electron chi connectivity index (χ0n) is 14.5. The van der Waals surface area contributed by atoms with Gasteiger partial charge in [0.25, 0.3) is 6.47 Å². The fourth-order valence-electron chi connectivity index (χ4n) is 2.52. The van der Waals surface area contributed by atoms with E-state index in [1.54, 1.807) is 19.9 Å². The third-order valence-electron chi connectivity index (χ3n) is 3.79. The summed E-state index contributed by atoms with van der Waals surface area (Å²) in [5.74, 6) is 0. The van der Waals surface area contributed by atoms with Crippen molar-refractivity contribution >= 4 is 12.2 Å². The Bertz CT molecular complexity index is 515. The molecule has 0 aliphatic carbocycles. The third kappa shape index (κ3) is 6.81. The van der Waals surface area contributed by atoms with Crippen LogP contribution in [0.4, 0.5) is 18.9 Å². The summed E-state index contributed by atoms with van der Waals surface area (Å²) in [7, 11) is 0. The van der Waals surface area contributed by atoms with E-state index in [9.17, 15) is 18.0 Å². The van der Waals surface area contributed by atoms with E-state index < -0.39 is 11.7 Å². The standard InChI is InChI=1S/C14H18F3N.C4H8O2/c1-2-3-4-12-7-5-10-9-11(14(15,16)17)6-8-13(10)18-12;1-4(2)6-3-5/h6,8-9,12,18H,2-5,7H2,1H3;3-4H,1-2H3. The summed E-state index contributed by atoms with van der Waals surface area (Å²) in [4.78, 5) is 9.39. The Hall–Kier alpha value is -1.72. The lowest BCUT2D eigenvalue weighted by molar-refractivity contribution is -0.137. The van der Waals surface area contributed by atoms with Gasteiger partial charge in [-0.3, -0.25) is 4.79 Å². The van der Waals surface area contributed by atoms with Crippen LogP contribution in [0.3, 0.4) is 0 Å². The van der Waals surface area contributed by atoms with Crippen molar-refractivity contribution in [2.75, 3.05) is 5.32 Å². The molecule has 3 nitrogen and oxygen atoms in total. The van der Waals surface area contributed by atoms with Crippen molar-refractivity contribution in [2.45, 2.75) is 71.2 Å². The number of hydrogen-bond acceptors (Lipinski definition) is 3. The molecule has 0 spiro atoms. The predicted octanol–water partition coefficient (Wildman–Crippen LogP) is 5.19. The number of benzene rings is 1. The number of hydrogen-bond donors (Lipinski definition) is 1. The van der Waals surface area contributed by atoms with Gasteiger partial charge in [-0.25, -0.2) is 0 Å². The van der Waals surface area contributed by atoms with Crippen LogP contribution in [-0.4, -0.2) is 18.6 Å². The number of carbonyl (C=O) groups excluding carboxylic acids is 1. The number of anilines is 1. The van der Waals surface area contributed by atoms with Crippen LogP contribution in [0.25, 0.3) is 0 Å². The molecule has 1 heterocycles. The number of aryl methyl sites for hydroxylation is 1. The molecular formula is C18H26F3NO2. The average molecular weight is 345 g/mol. The molecule has 2 rings (SSSR count). The van der Waals surface area contributed by atoms with Crippen LogP contribution in [0.2, 0.25) is 0 Å². The molecule has 1 atom stereocenters. The van der Waals surface area contributed by atoms with E-state index in [1.807, 2.05) is 0 Å². The highest BCUT2D eigenvalue weighted by molar-refractivity contribution is 5.55. The lowest BCUT2D eigenvalue weighted by Crippen LogP contribution is -2.25. The minimum atomic E-state index is -4.24. The Kier molecular flexibility index (Phi) is 8.08. The normalized spacial score (nSPS) is 16.5. The van der Waals surface area contributed by atoms with Crippen LogP contribution in [0.15, 0.2) is 18.2 Å². The van der Waals surface area contributed by atoms with Gasteiger partial charge in [-0.15, -0.1) is 0 Å². The van der Waals surface area contributed by atoms with Gasteiger partial charge in [-0.2, -0.15) is 13.2 Å². The van der Waals surface area contributed by atoms with Crippen LogP contribution in [0.5, 0.6) is 0 Å². The SMILES string of the molecule is CC(C)OC=O.CCCCC1CCc2cc(C(F)(F)F)ccc2N1. The lowest BCUT2D eigenvalue weighted by Gasteiger charge is -2.27. The zero-order chi connectivity index (χ0) is 18.2. The number of nitrogens with one attached hydrogen (secondary N) is 1. The molecule has 0 saturated carbocycles. The molecule has 0 saturated heterocycles. The van der Waals surface area contributed by atoms with E-state index in [0.717, 1.165) is 49.4 Å². The molecule has 1 aliphatic heterocycles. The Morgan fingerprint density at radius 1 is 1.38 bits per heavy atom. The smallest absolute Gasteiger partial charge is 0.416 e. The van der Waals surface area contributed by atoms with Crippen molar-refractivity contribution in [3.05, 3.63) is 29.3 Å². The highest BCUT2D eigenvalue weighted by atomic mass is 19.4. The largest absolute Gasteiger partial charge is 0.465 e. The number of halogens is 3. The summed E-state index contributed by atoms with van der Waals surface area (Å²) >= 11 is 0. The highest BCUT2D eigenvalue weighted by Crippen LogP contribution is 2.34. The first kappa shape index (κ1) is 20.3. The molecule has 0 bridgehead atoms. The molecule has 0 radical (unpaired) electrons. The number of unbranched alkanes of at least 4 members (excludes halogenated alkanes) is 1. The first-order chi connectivity index (χ1) is 11.3. The van der Waals surface area contributed by atoms with Crippen molar-refractivity contribution < 1.29 is 22.7 Å². The Balaban J connectivity index is 0.000000413. The Labute approximate surface area is 141 Å². The van der Waals surface area contributed by atoms with E-state index in [1.165, 1.54) is 6.07 Å². The highest BCUT2D eigenvalue weighted by Gasteiger charge is 2.31. The molecule has 0 amide bonds. The van der Waals surface area contributed by atoms with Crippen molar-refractivity contribution in [1.82, 2.24) is 0 Å². The maximum atomic E-state index is 12.6. The number of carbonyl (C=O) groups is 1. The fraction of sp³-hybridized carbons (Fsp3) is 0.611. The van der Waals surface area contributed by atoms with E-state index in [0.29, 0.717) is 12.5 Å². The molecule has 24 heavy (non-hydrogen) atoms. The van der Waals surface area contributed by atoms with Crippen molar-refractivity contribution in [3.63, 3.8) is 0 Å². The topological polar surface area (TPSA) is 38.3 Å². The van der Waals surface area contributed by atoms with Crippen molar-refractivity contribution in [1.29, 1.82) is 0 Å². The van der Waals surface area contributed by atoms with Crippen LogP contribution < -0.4 is 5.32 Å². The minimum Gasteiger partial charge on any atom is -0.465 e. The van der Waals surface area contributed by atoms with Gasteiger partial charge in [0.2, 0.25) is 0 Å². The number of ether oxygens (including phenoxy) is 1. The van der Waals surface area contributed by atoms with Crippen molar-refractivity contribution in [2.24, 2.45) is 0 Å². The van der Waals surface area contributed by atoms with E-state index in [4.69, 9.17) is 0 Å². The van der Waals surface area contributed by atoms with Gasteiger partial charge < -0.3 is 10.1 Å². The van der Waals surface area contributed by atoms with E-state index in [-0.39, 0.29) is 6.10 Å². The number of fused-ring (bicyclic) bond motifs is 1. The van der Waals surface area contributed by atoms with Crippen LogP contribution in [0.1, 0.15) is 57.6 Å². The monoisotopic (exact) mass is 345 g/mol. The third-order valence-corrected chi connectivity index (χ3v) is 3.79. The molecule has 1 aliphatic rings. The molecule has 136 valence electrons. The summed E-state index contributed by atoms with van der Waals surface area (Å²) in [5.41, 5.74) is 1.11. The number of alkyl halides is 3. The summed E-state index contributed by atoms with van der Waals surface area (Å²) < 4.78 is 42.1. The van der Waals surface area contributed by atoms with Gasteiger partial charge in [0, 0.05) is 11.7 Å². The summed E-state index contributed by atoms with van der Waals surface area (Å²) in [5, 5.41) is 3.34. The van der Waals surface area contributed by atoms with E-state index >= 15 is 0 Å². The second-order valence-corrected chi connectivity index (χ2v) is 6.17. The molecule has 1 aromatic carbocycles. The van der Waals surface area contributed by atoms with Crippen LogP contribution in [0, 0.1) is 0 Å². The Morgan fingerprint density at radius 3 is 2.58 bits per heavy atom. The quantitative estimate of drug-likeness (QED) is 0.746. The Morgan fingerprint density at radius 2 is 2.08 bits per heavy atom. The summed E-state index contributed by atoms with van der Waals surface area (Å²) in [6.07, 6.45) is 0.855. The van der Waals surface area contributed by atoms with Gasteiger partial charge in [0.05, 0.1) is 11.7 Å². The van der Waals surface area contributed by atoms with Crippen LogP contribution in [-0.2, 0) is 22.1 Å². The number of rotatable bonds is 5. The summed E-state index contributed by atoms with van der Waals surface area (Å²) in [6, 6.07) is 4.41. The first-order valence-corrected chi connectivity index (χ1v) is 8.33. The van der Waals surface area contributed by atoms with Gasteiger partial charge in [-0.1, -0.05) is 19.8 Å². The van der Waals surface area contributed by atoms with Gasteiger partial charge >= 0.3 is 6.18 Å². The molecule has 0 fully saturated rings. The van der Waals surface area contributed by atoms with Crippen molar-refractivity contribution in [3.8, 4) is 0 Å². The minimum absolute atomic E-state index is 0.0301. The van der Waals surface area contributed by atoms with Crippen LogP contribution >= 0.6 is 0 Å². The van der Waals surface area contributed by atoms with E-state index in [2.05, 4.69) is 17.0 Å². The predicted molar refractivity (Wildman–Crippen MR) is 89.0 cm³/mol. The van der Waals surface area contributed by atoms with Gasteiger partial charge in [0.1, 0.15) is 0 Å². The zero-order valence-corrected chi connectivity index (χ0v) is 14.5. The molecule has 1 unspecified atom stereocenters. The maximum absolute atomic E-state index is 12.6. The molecule has 1 aromatic rings. The lowest BCUT2D eigenvalue weighted by atomic mass is 9.93. The molecule has 6 heteroatoms. The fourth-order valence-corrected chi connectivity index (χ4v) is 2.52. The molecule has 0 aromatic heterocycles. The second kappa shape index (κ2) is 9.55. The molecular weight excluding hydrogens is 319 g/mol. The maximum Gasteiger partial charge on any atom is 0.416 e. The van der Waals surface area contributed by atoms with Gasteiger partial charge in [-0.05, 0) is 56.9 Å². The summed E-state index contributed by atoms with van der Waals surface area (Å²) in [6.45, 7) is 6.19. The first-order valence-electron chi connectivity index (χ1n) is 8.33. The average Bonchev–Trinajstić information content (AvgIpc) is 2.51.